The van der Waals surface area contributed by atoms with Crippen LogP contribution in [0.2, 0.25) is 0 Å². The predicted octanol–water partition coefficient (Wildman–Crippen LogP) is 3.58. The molecule has 0 amide bonds. The molecule has 0 aliphatic rings. The van der Waals surface area contributed by atoms with Gasteiger partial charge in [-0.25, -0.2) is 4.98 Å². The minimum absolute atomic E-state index is 0.0716. The van der Waals surface area contributed by atoms with E-state index in [9.17, 15) is 0 Å². The fourth-order valence-corrected chi connectivity index (χ4v) is 2.09. The summed E-state index contributed by atoms with van der Waals surface area (Å²) in [5, 5.41) is 4.53. The van der Waals surface area contributed by atoms with Crippen molar-refractivity contribution in [3.05, 3.63) is 53.9 Å². The molecule has 4 heteroatoms. The van der Waals surface area contributed by atoms with Gasteiger partial charge in [0.15, 0.2) is 0 Å². The van der Waals surface area contributed by atoms with Crippen molar-refractivity contribution in [1.82, 2.24) is 10.3 Å². The van der Waals surface area contributed by atoms with Crippen LogP contribution >= 0.6 is 0 Å². The monoisotopic (exact) mass is 256 g/mol. The third kappa shape index (κ3) is 2.39. The Balaban J connectivity index is 1.72. The van der Waals surface area contributed by atoms with E-state index >= 15 is 0 Å². The van der Waals surface area contributed by atoms with Gasteiger partial charge in [-0.05, 0) is 19.9 Å². The molecule has 2 aromatic heterocycles. The molecule has 2 heterocycles. The first kappa shape index (κ1) is 12.0. The topological polar surface area (TPSA) is 51.2 Å². The molecule has 0 aliphatic carbocycles. The van der Waals surface area contributed by atoms with Gasteiger partial charge >= 0.3 is 0 Å². The summed E-state index contributed by atoms with van der Waals surface area (Å²) >= 11 is 0. The highest BCUT2D eigenvalue weighted by molar-refractivity contribution is 5.80. The fourth-order valence-electron chi connectivity index (χ4n) is 2.09. The Morgan fingerprint density at radius 1 is 1.32 bits per heavy atom. The molecule has 0 saturated carbocycles. The number of aromatic nitrogens is 1. The summed E-state index contributed by atoms with van der Waals surface area (Å²) in [6, 6.07) is 8.10. The Morgan fingerprint density at radius 3 is 2.95 bits per heavy atom. The molecule has 0 spiro atoms. The molecule has 0 saturated heterocycles. The molecule has 0 fully saturated rings. The summed E-state index contributed by atoms with van der Waals surface area (Å²) in [7, 11) is 0. The van der Waals surface area contributed by atoms with Crippen molar-refractivity contribution in [2.24, 2.45) is 0 Å². The number of nitrogens with zero attached hydrogens (tertiary/aromatic N) is 1. The lowest BCUT2D eigenvalue weighted by atomic mass is 10.1. The number of furan rings is 1. The van der Waals surface area contributed by atoms with Crippen LogP contribution in [-0.4, -0.2) is 4.98 Å². The van der Waals surface area contributed by atoms with E-state index in [2.05, 4.69) is 16.4 Å². The van der Waals surface area contributed by atoms with Gasteiger partial charge in [0.2, 0.25) is 5.89 Å². The summed E-state index contributed by atoms with van der Waals surface area (Å²) in [6.45, 7) is 4.65. The molecule has 1 unspecified atom stereocenters. The molecule has 0 aliphatic heterocycles. The maximum Gasteiger partial charge on any atom is 0.211 e. The summed E-state index contributed by atoms with van der Waals surface area (Å²) in [6.07, 6.45) is 3.53. The zero-order chi connectivity index (χ0) is 13.2. The van der Waals surface area contributed by atoms with Crippen LogP contribution in [0.25, 0.3) is 11.0 Å². The molecular formula is C15H16N2O2. The van der Waals surface area contributed by atoms with Crippen molar-refractivity contribution < 1.29 is 8.83 Å². The Morgan fingerprint density at radius 2 is 2.16 bits per heavy atom. The normalized spacial score (nSPS) is 12.9. The molecule has 1 aromatic carbocycles. The van der Waals surface area contributed by atoms with Crippen LogP contribution in [0, 0.1) is 6.92 Å². The van der Waals surface area contributed by atoms with Crippen LogP contribution in [0.3, 0.4) is 0 Å². The summed E-state index contributed by atoms with van der Waals surface area (Å²) in [5.41, 5.74) is 2.06. The smallest absolute Gasteiger partial charge is 0.211 e. The fraction of sp³-hybridized carbons (Fsp3) is 0.267. The van der Waals surface area contributed by atoms with Gasteiger partial charge in [-0.1, -0.05) is 18.2 Å². The quantitative estimate of drug-likeness (QED) is 0.775. The van der Waals surface area contributed by atoms with Crippen molar-refractivity contribution in [3.63, 3.8) is 0 Å². The Labute approximate surface area is 111 Å². The van der Waals surface area contributed by atoms with Gasteiger partial charge in [0.25, 0.3) is 0 Å². The third-order valence-electron chi connectivity index (χ3n) is 3.17. The molecule has 4 nitrogen and oxygen atoms in total. The van der Waals surface area contributed by atoms with E-state index in [4.69, 9.17) is 8.83 Å². The van der Waals surface area contributed by atoms with Gasteiger partial charge in [-0.2, -0.15) is 0 Å². The van der Waals surface area contributed by atoms with Gasteiger partial charge in [-0.3, -0.25) is 0 Å². The minimum Gasteiger partial charge on any atom is -0.464 e. The first-order chi connectivity index (χ1) is 9.24. The Hall–Kier alpha value is -2.07. The highest BCUT2D eigenvalue weighted by Gasteiger charge is 2.12. The summed E-state index contributed by atoms with van der Waals surface area (Å²) < 4.78 is 11.0. The predicted molar refractivity (Wildman–Crippen MR) is 72.7 cm³/mol. The number of hydrogen-bond donors (Lipinski definition) is 1. The standard InChI is InChI=1S/C15H16N2O2/c1-10-7-17-15(19-10)11(2)16-8-12-9-18-14-6-4-3-5-13(12)14/h3-7,9,11,16H,8H2,1-2H3. The highest BCUT2D eigenvalue weighted by Crippen LogP contribution is 2.21. The zero-order valence-corrected chi connectivity index (χ0v) is 11.0. The molecule has 3 aromatic rings. The van der Waals surface area contributed by atoms with E-state index in [1.165, 1.54) is 0 Å². The SMILES string of the molecule is Cc1cnc(C(C)NCc2coc3ccccc23)o1. The largest absolute Gasteiger partial charge is 0.464 e. The lowest BCUT2D eigenvalue weighted by Gasteiger charge is -2.09. The van der Waals surface area contributed by atoms with E-state index in [0.717, 1.165) is 28.8 Å². The number of oxazole rings is 1. The van der Waals surface area contributed by atoms with E-state index in [1.807, 2.05) is 32.0 Å². The number of nitrogens with one attached hydrogen (secondary N) is 1. The molecule has 3 rings (SSSR count). The first-order valence-electron chi connectivity index (χ1n) is 6.35. The van der Waals surface area contributed by atoms with Crippen molar-refractivity contribution in [2.45, 2.75) is 26.4 Å². The maximum absolute atomic E-state index is 5.51. The number of rotatable bonds is 4. The van der Waals surface area contributed by atoms with Gasteiger partial charge in [0, 0.05) is 17.5 Å². The van der Waals surface area contributed by atoms with Crippen molar-refractivity contribution in [2.75, 3.05) is 0 Å². The summed E-state index contributed by atoms with van der Waals surface area (Å²) in [4.78, 5) is 4.23. The van der Waals surface area contributed by atoms with Gasteiger partial charge in [-0.15, -0.1) is 0 Å². The van der Waals surface area contributed by atoms with Crippen molar-refractivity contribution >= 4 is 11.0 Å². The van der Waals surface area contributed by atoms with Crippen LogP contribution in [0.4, 0.5) is 0 Å². The second kappa shape index (κ2) is 4.90. The lowest BCUT2D eigenvalue weighted by molar-refractivity contribution is 0.402. The van der Waals surface area contributed by atoms with Crippen LogP contribution in [-0.2, 0) is 6.54 Å². The van der Waals surface area contributed by atoms with Crippen LogP contribution < -0.4 is 5.32 Å². The van der Waals surface area contributed by atoms with E-state index < -0.39 is 0 Å². The average molecular weight is 256 g/mol. The molecule has 1 N–H and O–H groups in total. The lowest BCUT2D eigenvalue weighted by Crippen LogP contribution is -2.18. The van der Waals surface area contributed by atoms with E-state index in [0.29, 0.717) is 5.89 Å². The number of fused-ring (bicyclic) bond motifs is 1. The molecule has 0 radical (unpaired) electrons. The van der Waals surface area contributed by atoms with Crippen LogP contribution in [0.5, 0.6) is 0 Å². The second-order valence-corrected chi connectivity index (χ2v) is 4.67. The Kier molecular flexibility index (Phi) is 3.09. The number of aryl methyl sites for hydroxylation is 1. The third-order valence-corrected chi connectivity index (χ3v) is 3.17. The molecule has 98 valence electrons. The Bertz CT molecular complexity index is 684. The number of hydrogen-bond acceptors (Lipinski definition) is 4. The van der Waals surface area contributed by atoms with Crippen LogP contribution in [0.15, 0.2) is 45.6 Å². The van der Waals surface area contributed by atoms with Crippen molar-refractivity contribution in [1.29, 1.82) is 0 Å². The van der Waals surface area contributed by atoms with Gasteiger partial charge < -0.3 is 14.2 Å². The van der Waals surface area contributed by atoms with Gasteiger partial charge in [0.05, 0.1) is 18.5 Å². The second-order valence-electron chi connectivity index (χ2n) is 4.67. The minimum atomic E-state index is 0.0716. The molecular weight excluding hydrogens is 240 g/mol. The molecule has 19 heavy (non-hydrogen) atoms. The van der Waals surface area contributed by atoms with E-state index in [1.54, 1.807) is 12.5 Å². The molecule has 1 atom stereocenters. The first-order valence-corrected chi connectivity index (χ1v) is 6.35. The molecule has 0 bridgehead atoms. The average Bonchev–Trinajstić information content (AvgIpc) is 3.02. The zero-order valence-electron chi connectivity index (χ0n) is 11.0. The highest BCUT2D eigenvalue weighted by atomic mass is 16.4. The maximum atomic E-state index is 5.51. The summed E-state index contributed by atoms with van der Waals surface area (Å²) in [5.74, 6) is 1.54. The number of benzene rings is 1. The van der Waals surface area contributed by atoms with Crippen LogP contribution in [0.1, 0.15) is 30.2 Å². The number of para-hydroxylation sites is 1. The van der Waals surface area contributed by atoms with E-state index in [-0.39, 0.29) is 6.04 Å². The van der Waals surface area contributed by atoms with Crippen molar-refractivity contribution in [3.8, 4) is 0 Å². The van der Waals surface area contributed by atoms with Gasteiger partial charge in [0.1, 0.15) is 11.3 Å².